The summed E-state index contributed by atoms with van der Waals surface area (Å²) in [7, 11) is 0. The van der Waals surface area contributed by atoms with Crippen LogP contribution >= 0.6 is 15.9 Å². The van der Waals surface area contributed by atoms with E-state index in [4.69, 9.17) is 0 Å². The molecule has 3 aromatic rings. The van der Waals surface area contributed by atoms with E-state index in [2.05, 4.69) is 15.9 Å². The lowest BCUT2D eigenvalue weighted by molar-refractivity contribution is -0.135. The van der Waals surface area contributed by atoms with Crippen molar-refractivity contribution in [1.29, 1.82) is 0 Å². The summed E-state index contributed by atoms with van der Waals surface area (Å²) in [6.45, 7) is 2.27. The highest BCUT2D eigenvalue weighted by Gasteiger charge is 2.50. The van der Waals surface area contributed by atoms with Crippen LogP contribution in [0.15, 0.2) is 71.5 Å². The molecule has 142 valence electrons. The Morgan fingerprint density at radius 3 is 2.57 bits per heavy atom. The second-order valence-corrected chi connectivity index (χ2v) is 7.73. The van der Waals surface area contributed by atoms with Crippen molar-refractivity contribution in [2.45, 2.75) is 18.9 Å². The topological polar surface area (TPSA) is 62.5 Å². The summed E-state index contributed by atoms with van der Waals surface area (Å²) in [5.74, 6) is -0.744. The molecule has 2 aromatic carbocycles. The van der Waals surface area contributed by atoms with E-state index in [-0.39, 0.29) is 12.2 Å². The van der Waals surface area contributed by atoms with Gasteiger partial charge in [-0.1, -0.05) is 28.1 Å². The number of carbonyl (C=O) groups excluding carboxylic acids is 2. The Balaban J connectivity index is 1.69. The summed E-state index contributed by atoms with van der Waals surface area (Å²) < 4.78 is 2.65. The summed E-state index contributed by atoms with van der Waals surface area (Å²) >= 11 is 3.39. The number of amides is 1. The normalized spacial score (nSPS) is 18.4. The van der Waals surface area contributed by atoms with Crippen molar-refractivity contribution in [2.75, 3.05) is 11.4 Å². The van der Waals surface area contributed by atoms with Crippen molar-refractivity contribution in [1.82, 2.24) is 4.57 Å². The molecule has 5 nitrogen and oxygen atoms in total. The van der Waals surface area contributed by atoms with Gasteiger partial charge in [0, 0.05) is 40.2 Å². The number of ketones is 1. The molecular weight excluding hydrogens is 420 g/mol. The van der Waals surface area contributed by atoms with Crippen molar-refractivity contribution in [3.8, 4) is 5.69 Å². The molecule has 2 heterocycles. The number of halogens is 1. The second-order valence-electron chi connectivity index (χ2n) is 6.81. The predicted molar refractivity (Wildman–Crippen MR) is 111 cm³/mol. The quantitative estimate of drug-likeness (QED) is 0.610. The zero-order chi connectivity index (χ0) is 19.9. The molecule has 1 aliphatic heterocycles. The fourth-order valence-electron chi connectivity index (χ4n) is 3.69. The number of aromatic nitrogens is 1. The van der Waals surface area contributed by atoms with Crippen LogP contribution in [0.25, 0.3) is 5.69 Å². The van der Waals surface area contributed by atoms with E-state index >= 15 is 0 Å². The van der Waals surface area contributed by atoms with Crippen molar-refractivity contribution in [2.24, 2.45) is 0 Å². The van der Waals surface area contributed by atoms with E-state index in [0.717, 1.165) is 10.2 Å². The monoisotopic (exact) mass is 438 g/mol. The maximum Gasteiger partial charge on any atom is 0.264 e. The van der Waals surface area contributed by atoms with E-state index in [9.17, 15) is 14.7 Å². The highest BCUT2D eigenvalue weighted by molar-refractivity contribution is 9.10. The van der Waals surface area contributed by atoms with Gasteiger partial charge in [-0.15, -0.1) is 0 Å². The van der Waals surface area contributed by atoms with Gasteiger partial charge in [-0.05, 0) is 49.4 Å². The number of anilines is 1. The van der Waals surface area contributed by atoms with Gasteiger partial charge in [0.15, 0.2) is 11.4 Å². The van der Waals surface area contributed by atoms with Gasteiger partial charge < -0.3 is 14.6 Å². The smallest absolute Gasteiger partial charge is 0.264 e. The van der Waals surface area contributed by atoms with Crippen molar-refractivity contribution < 1.29 is 14.7 Å². The molecule has 0 bridgehead atoms. The van der Waals surface area contributed by atoms with Gasteiger partial charge in [-0.3, -0.25) is 9.59 Å². The fourth-order valence-corrected chi connectivity index (χ4v) is 4.05. The Morgan fingerprint density at radius 1 is 1.11 bits per heavy atom. The molecule has 1 N–H and O–H groups in total. The first-order valence-corrected chi connectivity index (χ1v) is 9.84. The number of carbonyl (C=O) groups is 2. The van der Waals surface area contributed by atoms with E-state index < -0.39 is 11.5 Å². The zero-order valence-electron chi connectivity index (χ0n) is 15.3. The molecule has 0 radical (unpaired) electrons. The molecule has 1 aromatic heterocycles. The van der Waals surface area contributed by atoms with Crippen LogP contribution in [0.4, 0.5) is 5.69 Å². The van der Waals surface area contributed by atoms with Crippen molar-refractivity contribution in [3.05, 3.63) is 82.6 Å². The standard InChI is InChI=1S/C22H19BrN2O3/c1-2-25-19-9-8-16(23)13-18(19)22(28,21(25)27)14-20(26)15-6-5-7-17(12-15)24-10-3-4-11-24/h3-13,28H,2,14H2,1H3/t22-/m0/s1. The van der Waals surface area contributed by atoms with Crippen molar-refractivity contribution in [3.63, 3.8) is 0 Å². The fraction of sp³-hybridized carbons (Fsp3) is 0.182. The third kappa shape index (κ3) is 2.99. The summed E-state index contributed by atoms with van der Waals surface area (Å²) in [5.41, 5.74) is 0.545. The number of Topliss-reactive ketones (excluding diaryl/α,β-unsaturated/α-hetero) is 1. The Morgan fingerprint density at radius 2 is 1.86 bits per heavy atom. The summed E-state index contributed by atoms with van der Waals surface area (Å²) in [4.78, 5) is 27.5. The lowest BCUT2D eigenvalue weighted by Gasteiger charge is -2.22. The number of hydrogen-bond acceptors (Lipinski definition) is 3. The maximum atomic E-state index is 13.0. The number of hydrogen-bond donors (Lipinski definition) is 1. The molecule has 28 heavy (non-hydrogen) atoms. The minimum atomic E-state index is -1.87. The minimum Gasteiger partial charge on any atom is -0.375 e. The molecule has 0 saturated carbocycles. The van der Waals surface area contributed by atoms with Gasteiger partial charge in [0.25, 0.3) is 5.91 Å². The lowest BCUT2D eigenvalue weighted by Crippen LogP contribution is -2.41. The van der Waals surface area contributed by atoms with Gasteiger partial charge in [0.05, 0.1) is 12.1 Å². The maximum absolute atomic E-state index is 13.0. The molecular formula is C22H19BrN2O3. The molecule has 0 aliphatic carbocycles. The summed E-state index contributed by atoms with van der Waals surface area (Å²) in [6, 6.07) is 16.3. The van der Waals surface area contributed by atoms with Crippen LogP contribution in [0.3, 0.4) is 0 Å². The molecule has 0 spiro atoms. The number of nitrogens with zero attached hydrogens (tertiary/aromatic N) is 2. The number of benzene rings is 2. The van der Waals surface area contributed by atoms with Crippen LogP contribution in [0, 0.1) is 0 Å². The highest BCUT2D eigenvalue weighted by atomic mass is 79.9. The summed E-state index contributed by atoms with van der Waals surface area (Å²) in [5, 5.41) is 11.3. The number of aliphatic hydroxyl groups is 1. The highest BCUT2D eigenvalue weighted by Crippen LogP contribution is 2.44. The predicted octanol–water partition coefficient (Wildman–Crippen LogP) is 4.07. The van der Waals surface area contributed by atoms with Gasteiger partial charge in [-0.2, -0.15) is 0 Å². The van der Waals surface area contributed by atoms with Crippen LogP contribution in [-0.4, -0.2) is 27.9 Å². The summed E-state index contributed by atoms with van der Waals surface area (Å²) in [6.07, 6.45) is 3.48. The van der Waals surface area contributed by atoms with Crippen LogP contribution in [0.1, 0.15) is 29.3 Å². The van der Waals surface area contributed by atoms with Crippen LogP contribution in [0.2, 0.25) is 0 Å². The Hall–Kier alpha value is -2.70. The number of fused-ring (bicyclic) bond motifs is 1. The lowest BCUT2D eigenvalue weighted by atomic mass is 9.88. The SMILES string of the molecule is CCN1C(=O)[C@](O)(CC(=O)c2cccc(-n3cccc3)c2)c2cc(Br)ccc21. The molecule has 1 amide bonds. The largest absolute Gasteiger partial charge is 0.375 e. The first kappa shape index (κ1) is 18.7. The Labute approximate surface area is 171 Å². The number of likely N-dealkylation sites (N-methyl/N-ethyl adjacent to an activating group) is 1. The average molecular weight is 439 g/mol. The molecule has 4 rings (SSSR count). The van der Waals surface area contributed by atoms with Crippen LogP contribution in [0.5, 0.6) is 0 Å². The third-order valence-electron chi connectivity index (χ3n) is 5.10. The Kier molecular flexibility index (Phi) is 4.69. The first-order chi connectivity index (χ1) is 13.4. The van der Waals surface area contributed by atoms with Gasteiger partial charge in [0.2, 0.25) is 0 Å². The second kappa shape index (κ2) is 7.04. The minimum absolute atomic E-state index is 0.284. The first-order valence-electron chi connectivity index (χ1n) is 9.05. The van der Waals surface area contributed by atoms with Gasteiger partial charge in [-0.25, -0.2) is 0 Å². The molecule has 0 unspecified atom stereocenters. The molecule has 1 aliphatic rings. The average Bonchev–Trinajstić information content (AvgIpc) is 3.29. The molecule has 0 fully saturated rings. The third-order valence-corrected chi connectivity index (χ3v) is 5.59. The van der Waals surface area contributed by atoms with Crippen LogP contribution in [-0.2, 0) is 10.4 Å². The van der Waals surface area contributed by atoms with Crippen LogP contribution < -0.4 is 4.90 Å². The number of rotatable bonds is 5. The van der Waals surface area contributed by atoms with Gasteiger partial charge in [0.1, 0.15) is 0 Å². The zero-order valence-corrected chi connectivity index (χ0v) is 16.9. The van der Waals surface area contributed by atoms with E-state index in [1.54, 1.807) is 30.3 Å². The van der Waals surface area contributed by atoms with E-state index in [0.29, 0.717) is 23.4 Å². The van der Waals surface area contributed by atoms with E-state index in [1.165, 1.54) is 4.90 Å². The van der Waals surface area contributed by atoms with Gasteiger partial charge >= 0.3 is 0 Å². The molecule has 1 atom stereocenters. The Bertz CT molecular complexity index is 1060. The van der Waals surface area contributed by atoms with E-state index in [1.807, 2.05) is 48.1 Å². The van der Waals surface area contributed by atoms with Crippen molar-refractivity contribution >= 4 is 33.3 Å². The molecule has 6 heteroatoms. The molecule has 0 saturated heterocycles.